The van der Waals surface area contributed by atoms with E-state index in [0.29, 0.717) is 11.1 Å². The Balaban J connectivity index is 2.24. The molecule has 0 heterocycles. The number of aliphatic hydroxyl groups is 1. The van der Waals surface area contributed by atoms with Gasteiger partial charge in [-0.3, -0.25) is 14.4 Å². The third-order valence-corrected chi connectivity index (χ3v) is 6.12. The van der Waals surface area contributed by atoms with Crippen LogP contribution < -0.4 is 21.7 Å². The van der Waals surface area contributed by atoms with Gasteiger partial charge in [0.2, 0.25) is 17.7 Å². The lowest BCUT2D eigenvalue weighted by Crippen LogP contribution is -2.59. The van der Waals surface area contributed by atoms with Gasteiger partial charge in [0.1, 0.15) is 23.6 Å². The first kappa shape index (κ1) is 32.1. The SMILES string of the molecule is CC(C)CC(NC(=O)C(Cc1ccc(O)cc1)NC(=O)C(N)Cc1ccc(O)cc1)C(=O)NC(C(=O)O)C(C)O. The molecule has 9 N–H and O–H groups in total. The van der Waals surface area contributed by atoms with Gasteiger partial charge in [0.15, 0.2) is 6.04 Å². The van der Waals surface area contributed by atoms with Crippen molar-refractivity contribution in [3.63, 3.8) is 0 Å². The van der Waals surface area contributed by atoms with E-state index in [1.54, 1.807) is 24.3 Å². The van der Waals surface area contributed by atoms with Gasteiger partial charge in [-0.25, -0.2) is 4.79 Å². The van der Waals surface area contributed by atoms with Gasteiger partial charge in [-0.1, -0.05) is 38.1 Å². The summed E-state index contributed by atoms with van der Waals surface area (Å²) in [5.41, 5.74) is 7.39. The molecule has 0 aliphatic rings. The van der Waals surface area contributed by atoms with Crippen LogP contribution >= 0.6 is 0 Å². The minimum absolute atomic E-state index is 0.00518. The van der Waals surface area contributed by atoms with Gasteiger partial charge in [-0.05, 0) is 61.1 Å². The Labute approximate surface area is 232 Å². The van der Waals surface area contributed by atoms with E-state index in [0.717, 1.165) is 0 Å². The predicted octanol–water partition coefficient (Wildman–Crippen LogP) is 0.176. The number of phenols is 2. The Kier molecular flexibility index (Phi) is 11.9. The number of aromatic hydroxyl groups is 2. The van der Waals surface area contributed by atoms with Crippen LogP contribution in [0.5, 0.6) is 11.5 Å². The number of amides is 3. The minimum atomic E-state index is -1.58. The number of hydrogen-bond acceptors (Lipinski definition) is 8. The van der Waals surface area contributed by atoms with Gasteiger partial charge in [0, 0.05) is 6.42 Å². The molecule has 3 amide bonds. The van der Waals surface area contributed by atoms with Crippen LogP contribution in [0, 0.1) is 5.92 Å². The predicted molar refractivity (Wildman–Crippen MR) is 146 cm³/mol. The highest BCUT2D eigenvalue weighted by Crippen LogP contribution is 2.14. The van der Waals surface area contributed by atoms with Crippen molar-refractivity contribution in [1.29, 1.82) is 0 Å². The van der Waals surface area contributed by atoms with Crippen molar-refractivity contribution in [2.75, 3.05) is 0 Å². The molecule has 0 saturated carbocycles. The number of hydrogen-bond donors (Lipinski definition) is 8. The monoisotopic (exact) mass is 558 g/mol. The molecule has 5 unspecified atom stereocenters. The van der Waals surface area contributed by atoms with Gasteiger partial charge >= 0.3 is 5.97 Å². The number of phenolic OH excluding ortho intramolecular Hbond substituents is 2. The van der Waals surface area contributed by atoms with Gasteiger partial charge in [-0.15, -0.1) is 0 Å². The van der Waals surface area contributed by atoms with Crippen LogP contribution in [0.4, 0.5) is 0 Å². The molecule has 0 bridgehead atoms. The Hall–Kier alpha value is -4.16. The van der Waals surface area contributed by atoms with E-state index in [-0.39, 0.29) is 36.7 Å². The average molecular weight is 559 g/mol. The van der Waals surface area contributed by atoms with Crippen molar-refractivity contribution < 1.29 is 39.6 Å². The molecule has 2 aromatic rings. The van der Waals surface area contributed by atoms with Crippen molar-refractivity contribution in [3.05, 3.63) is 59.7 Å². The van der Waals surface area contributed by atoms with Gasteiger partial charge in [0.05, 0.1) is 12.1 Å². The third kappa shape index (κ3) is 10.2. The zero-order valence-corrected chi connectivity index (χ0v) is 22.7. The molecule has 40 heavy (non-hydrogen) atoms. The van der Waals surface area contributed by atoms with E-state index in [1.807, 2.05) is 13.8 Å². The standard InChI is InChI=1S/C28H38N4O8/c1-15(2)12-22(27(38)32-24(16(3)33)28(39)40)31-26(37)23(14-18-6-10-20(35)11-7-18)30-25(36)21(29)13-17-4-8-19(34)9-5-17/h4-11,15-16,21-24,33-35H,12-14,29H2,1-3H3,(H,30,36)(H,31,37)(H,32,38)(H,39,40). The Morgan fingerprint density at radius 3 is 1.62 bits per heavy atom. The Morgan fingerprint density at radius 2 is 1.18 bits per heavy atom. The smallest absolute Gasteiger partial charge is 0.328 e. The van der Waals surface area contributed by atoms with Crippen LogP contribution in [0.1, 0.15) is 38.3 Å². The number of carbonyl (C=O) groups is 4. The van der Waals surface area contributed by atoms with E-state index in [4.69, 9.17) is 5.73 Å². The van der Waals surface area contributed by atoms with Crippen molar-refractivity contribution in [1.82, 2.24) is 16.0 Å². The van der Waals surface area contributed by atoms with Gasteiger partial charge in [-0.2, -0.15) is 0 Å². The first-order chi connectivity index (χ1) is 18.8. The van der Waals surface area contributed by atoms with Gasteiger partial charge < -0.3 is 42.1 Å². The highest BCUT2D eigenvalue weighted by atomic mass is 16.4. The van der Waals surface area contributed by atoms with Crippen LogP contribution in [0.15, 0.2) is 48.5 Å². The number of benzene rings is 2. The maximum atomic E-state index is 13.4. The summed E-state index contributed by atoms with van der Waals surface area (Å²) < 4.78 is 0. The number of aliphatic carboxylic acids is 1. The molecule has 0 fully saturated rings. The van der Waals surface area contributed by atoms with E-state index in [9.17, 15) is 39.6 Å². The number of carboxylic acid groups (broad SMARTS) is 1. The van der Waals surface area contributed by atoms with Crippen LogP contribution in [-0.2, 0) is 32.0 Å². The van der Waals surface area contributed by atoms with Crippen molar-refractivity contribution >= 4 is 23.7 Å². The third-order valence-electron chi connectivity index (χ3n) is 6.12. The Morgan fingerprint density at radius 1 is 0.725 bits per heavy atom. The number of rotatable bonds is 14. The average Bonchev–Trinajstić information content (AvgIpc) is 2.88. The molecule has 0 saturated heterocycles. The Bertz CT molecular complexity index is 1150. The summed E-state index contributed by atoms with van der Waals surface area (Å²) in [6.07, 6.45) is -1.09. The summed E-state index contributed by atoms with van der Waals surface area (Å²) in [5.74, 6) is -3.55. The molecule has 218 valence electrons. The lowest BCUT2D eigenvalue weighted by molar-refractivity contribution is -0.145. The molecule has 0 spiro atoms. The summed E-state index contributed by atoms with van der Waals surface area (Å²) in [6, 6.07) is 7.26. The summed E-state index contributed by atoms with van der Waals surface area (Å²) in [6.45, 7) is 4.85. The van der Waals surface area contributed by atoms with E-state index < -0.39 is 54.0 Å². The molecule has 12 heteroatoms. The van der Waals surface area contributed by atoms with Gasteiger partial charge in [0.25, 0.3) is 0 Å². The highest BCUT2D eigenvalue weighted by Gasteiger charge is 2.32. The summed E-state index contributed by atoms with van der Waals surface area (Å²) in [4.78, 5) is 50.8. The number of nitrogens with one attached hydrogen (secondary N) is 3. The van der Waals surface area contributed by atoms with Crippen LogP contribution in [-0.4, -0.2) is 74.4 Å². The quantitative estimate of drug-likeness (QED) is 0.159. The van der Waals surface area contributed by atoms with Crippen molar-refractivity contribution in [3.8, 4) is 11.5 Å². The molecule has 0 aliphatic heterocycles. The molecular formula is C28H38N4O8. The maximum absolute atomic E-state index is 13.4. The number of aliphatic hydroxyl groups excluding tert-OH is 1. The zero-order chi connectivity index (χ0) is 30.0. The van der Waals surface area contributed by atoms with Crippen LogP contribution in [0.25, 0.3) is 0 Å². The van der Waals surface area contributed by atoms with Crippen LogP contribution in [0.3, 0.4) is 0 Å². The molecule has 0 aromatic heterocycles. The largest absolute Gasteiger partial charge is 0.508 e. The fourth-order valence-corrected chi connectivity index (χ4v) is 3.95. The van der Waals surface area contributed by atoms with Crippen molar-refractivity contribution in [2.45, 2.75) is 70.3 Å². The fourth-order valence-electron chi connectivity index (χ4n) is 3.95. The van der Waals surface area contributed by atoms with Crippen molar-refractivity contribution in [2.24, 2.45) is 11.7 Å². The topological polar surface area (TPSA) is 211 Å². The lowest BCUT2D eigenvalue weighted by atomic mass is 10.00. The molecule has 0 radical (unpaired) electrons. The number of carboxylic acids is 1. The zero-order valence-electron chi connectivity index (χ0n) is 22.7. The molecule has 12 nitrogen and oxygen atoms in total. The summed E-state index contributed by atoms with van der Waals surface area (Å²) in [5, 5.41) is 45.6. The first-order valence-corrected chi connectivity index (χ1v) is 12.9. The summed E-state index contributed by atoms with van der Waals surface area (Å²) in [7, 11) is 0. The molecule has 2 aromatic carbocycles. The second-order valence-corrected chi connectivity index (χ2v) is 10.2. The number of nitrogens with two attached hydrogens (primary N) is 1. The van der Waals surface area contributed by atoms with E-state index in [1.165, 1.54) is 31.2 Å². The molecule has 5 atom stereocenters. The molecular weight excluding hydrogens is 520 g/mol. The maximum Gasteiger partial charge on any atom is 0.328 e. The number of carbonyl (C=O) groups excluding carboxylic acids is 3. The molecule has 0 aliphatic carbocycles. The lowest BCUT2D eigenvalue weighted by Gasteiger charge is -2.26. The second-order valence-electron chi connectivity index (χ2n) is 10.2. The highest BCUT2D eigenvalue weighted by molar-refractivity contribution is 5.94. The normalized spacial score (nSPS) is 14.8. The first-order valence-electron chi connectivity index (χ1n) is 12.9. The summed E-state index contributed by atoms with van der Waals surface area (Å²) >= 11 is 0. The van der Waals surface area contributed by atoms with E-state index in [2.05, 4.69) is 16.0 Å². The minimum Gasteiger partial charge on any atom is -0.508 e. The second kappa shape index (κ2) is 14.8. The van der Waals surface area contributed by atoms with Crippen LogP contribution in [0.2, 0.25) is 0 Å². The van der Waals surface area contributed by atoms with E-state index >= 15 is 0 Å². The fraction of sp³-hybridized carbons (Fsp3) is 0.429. The molecule has 2 rings (SSSR count).